The zero-order valence-electron chi connectivity index (χ0n) is 10.3. The smallest absolute Gasteiger partial charge is 0.319 e. The van der Waals surface area contributed by atoms with Crippen molar-refractivity contribution in [1.29, 1.82) is 0 Å². The average Bonchev–Trinajstić information content (AvgIpc) is 2.40. The number of urea groups is 1. The van der Waals surface area contributed by atoms with Gasteiger partial charge < -0.3 is 21.1 Å². The number of anilines is 1. The largest absolute Gasteiger partial charge is 0.506 e. The highest BCUT2D eigenvalue weighted by Gasteiger charge is 2.13. The standard InChI is InChI=1S/C13H19N3O2/c17-12-7-2-1-6-11(12)16-13(18)15-9-10-5-3-4-8-14-10/h1-2,6-7,10,14,17H,3-5,8-9H2,(H2,15,16,18). The summed E-state index contributed by atoms with van der Waals surface area (Å²) in [6.45, 7) is 1.63. The molecule has 1 unspecified atom stereocenters. The van der Waals surface area contributed by atoms with E-state index in [1.165, 1.54) is 18.9 Å². The van der Waals surface area contributed by atoms with Crippen molar-refractivity contribution in [2.24, 2.45) is 0 Å². The van der Waals surface area contributed by atoms with Crippen LogP contribution in [0, 0.1) is 0 Å². The Morgan fingerprint density at radius 2 is 2.22 bits per heavy atom. The van der Waals surface area contributed by atoms with Crippen LogP contribution in [0.3, 0.4) is 0 Å². The molecule has 2 amide bonds. The minimum absolute atomic E-state index is 0.0726. The molecular weight excluding hydrogens is 230 g/mol. The zero-order chi connectivity index (χ0) is 12.8. The Bertz CT molecular complexity index is 403. The van der Waals surface area contributed by atoms with E-state index in [-0.39, 0.29) is 11.8 Å². The van der Waals surface area contributed by atoms with Gasteiger partial charge in [0.1, 0.15) is 5.75 Å². The third kappa shape index (κ3) is 3.63. The summed E-state index contributed by atoms with van der Waals surface area (Å²) >= 11 is 0. The number of amides is 2. The molecule has 1 heterocycles. The Labute approximate surface area is 107 Å². The summed E-state index contributed by atoms with van der Waals surface area (Å²) < 4.78 is 0. The molecule has 1 aromatic rings. The predicted octanol–water partition coefficient (Wildman–Crippen LogP) is 1.66. The van der Waals surface area contributed by atoms with Crippen molar-refractivity contribution in [1.82, 2.24) is 10.6 Å². The van der Waals surface area contributed by atoms with E-state index in [9.17, 15) is 9.90 Å². The van der Waals surface area contributed by atoms with E-state index in [4.69, 9.17) is 0 Å². The molecule has 4 N–H and O–H groups in total. The van der Waals surface area contributed by atoms with Crippen LogP contribution in [0.2, 0.25) is 0 Å². The Morgan fingerprint density at radius 3 is 2.94 bits per heavy atom. The van der Waals surface area contributed by atoms with Gasteiger partial charge in [0.15, 0.2) is 0 Å². The number of nitrogens with one attached hydrogen (secondary N) is 3. The summed E-state index contributed by atoms with van der Waals surface area (Å²) in [4.78, 5) is 11.6. The SMILES string of the molecule is O=C(NCC1CCCCN1)Nc1ccccc1O. The summed E-state index contributed by atoms with van der Waals surface area (Å²) in [5, 5.41) is 18.3. The molecule has 0 bridgehead atoms. The van der Waals surface area contributed by atoms with Crippen LogP contribution < -0.4 is 16.0 Å². The maximum absolute atomic E-state index is 11.6. The average molecular weight is 249 g/mol. The van der Waals surface area contributed by atoms with E-state index < -0.39 is 0 Å². The van der Waals surface area contributed by atoms with Crippen LogP contribution in [-0.4, -0.2) is 30.3 Å². The lowest BCUT2D eigenvalue weighted by atomic mass is 10.1. The van der Waals surface area contributed by atoms with E-state index >= 15 is 0 Å². The normalized spacial score (nSPS) is 19.2. The van der Waals surface area contributed by atoms with Crippen LogP contribution in [0.5, 0.6) is 5.75 Å². The molecule has 1 fully saturated rings. The number of aromatic hydroxyl groups is 1. The van der Waals surface area contributed by atoms with Crippen LogP contribution in [0.4, 0.5) is 10.5 Å². The molecule has 0 aliphatic carbocycles. The molecule has 1 aliphatic rings. The third-order valence-electron chi connectivity index (χ3n) is 3.07. The van der Waals surface area contributed by atoms with Gasteiger partial charge >= 0.3 is 6.03 Å². The van der Waals surface area contributed by atoms with E-state index in [2.05, 4.69) is 16.0 Å². The fourth-order valence-electron chi connectivity index (χ4n) is 2.06. The first-order valence-electron chi connectivity index (χ1n) is 6.32. The highest BCUT2D eigenvalue weighted by Crippen LogP contribution is 2.21. The van der Waals surface area contributed by atoms with Gasteiger partial charge in [0, 0.05) is 12.6 Å². The van der Waals surface area contributed by atoms with Gasteiger partial charge in [0.25, 0.3) is 0 Å². The summed E-state index contributed by atoms with van der Waals surface area (Å²) in [7, 11) is 0. The molecule has 5 heteroatoms. The van der Waals surface area contributed by atoms with Gasteiger partial charge in [-0.15, -0.1) is 0 Å². The molecule has 0 aromatic heterocycles. The Balaban J connectivity index is 1.76. The van der Waals surface area contributed by atoms with Crippen LogP contribution >= 0.6 is 0 Å². The van der Waals surface area contributed by atoms with Gasteiger partial charge in [-0.05, 0) is 31.5 Å². The number of piperidine rings is 1. The minimum atomic E-state index is -0.288. The highest BCUT2D eigenvalue weighted by molar-refractivity contribution is 5.90. The summed E-state index contributed by atoms with van der Waals surface area (Å²) in [5.41, 5.74) is 0.423. The van der Waals surface area contributed by atoms with Gasteiger partial charge in [0.2, 0.25) is 0 Å². The molecule has 0 radical (unpaired) electrons. The Morgan fingerprint density at radius 1 is 1.39 bits per heavy atom. The molecule has 1 aromatic carbocycles. The Kier molecular flexibility index (Phi) is 4.41. The lowest BCUT2D eigenvalue weighted by Crippen LogP contribution is -2.44. The first kappa shape index (κ1) is 12.7. The number of benzene rings is 1. The summed E-state index contributed by atoms with van der Waals surface area (Å²) in [5.74, 6) is 0.0726. The lowest BCUT2D eigenvalue weighted by Gasteiger charge is -2.23. The number of hydrogen-bond donors (Lipinski definition) is 4. The number of carbonyl (C=O) groups excluding carboxylic acids is 1. The van der Waals surface area contributed by atoms with Gasteiger partial charge in [-0.25, -0.2) is 4.79 Å². The van der Waals surface area contributed by atoms with Crippen LogP contribution in [0.15, 0.2) is 24.3 Å². The fourth-order valence-corrected chi connectivity index (χ4v) is 2.06. The summed E-state index contributed by atoms with van der Waals surface area (Å²) in [6, 6.07) is 6.74. The molecule has 0 spiro atoms. The molecule has 1 saturated heterocycles. The molecule has 0 saturated carbocycles. The molecule has 1 aliphatic heterocycles. The molecule has 98 valence electrons. The highest BCUT2D eigenvalue weighted by atomic mass is 16.3. The van der Waals surface area contributed by atoms with Crippen LogP contribution in [-0.2, 0) is 0 Å². The van der Waals surface area contributed by atoms with Crippen molar-refractivity contribution in [3.8, 4) is 5.75 Å². The van der Waals surface area contributed by atoms with Crippen LogP contribution in [0.25, 0.3) is 0 Å². The maximum atomic E-state index is 11.6. The predicted molar refractivity (Wildman–Crippen MR) is 70.8 cm³/mol. The quantitative estimate of drug-likeness (QED) is 0.615. The van der Waals surface area contributed by atoms with Gasteiger partial charge in [-0.2, -0.15) is 0 Å². The van der Waals surface area contributed by atoms with Crippen molar-refractivity contribution >= 4 is 11.7 Å². The number of phenolic OH excluding ortho intramolecular Hbond substituents is 1. The number of rotatable bonds is 3. The van der Waals surface area contributed by atoms with E-state index in [1.807, 2.05) is 0 Å². The fraction of sp³-hybridized carbons (Fsp3) is 0.462. The molecule has 1 atom stereocenters. The Hall–Kier alpha value is -1.75. The first-order chi connectivity index (χ1) is 8.75. The topological polar surface area (TPSA) is 73.4 Å². The number of phenols is 1. The second kappa shape index (κ2) is 6.26. The number of carbonyl (C=O) groups is 1. The van der Waals surface area contributed by atoms with E-state index in [1.54, 1.807) is 18.2 Å². The summed E-state index contributed by atoms with van der Waals surface area (Å²) in [6.07, 6.45) is 3.51. The number of para-hydroxylation sites is 2. The van der Waals surface area contributed by atoms with Crippen molar-refractivity contribution in [2.75, 3.05) is 18.4 Å². The third-order valence-corrected chi connectivity index (χ3v) is 3.07. The van der Waals surface area contributed by atoms with E-state index in [0.717, 1.165) is 13.0 Å². The molecular formula is C13H19N3O2. The lowest BCUT2D eigenvalue weighted by molar-refractivity contribution is 0.249. The second-order valence-corrected chi connectivity index (χ2v) is 4.50. The maximum Gasteiger partial charge on any atom is 0.319 e. The van der Waals surface area contributed by atoms with Crippen molar-refractivity contribution in [3.05, 3.63) is 24.3 Å². The first-order valence-corrected chi connectivity index (χ1v) is 6.32. The molecule has 5 nitrogen and oxygen atoms in total. The van der Waals surface area contributed by atoms with Crippen molar-refractivity contribution < 1.29 is 9.90 Å². The van der Waals surface area contributed by atoms with Gasteiger partial charge in [0.05, 0.1) is 5.69 Å². The monoisotopic (exact) mass is 249 g/mol. The second-order valence-electron chi connectivity index (χ2n) is 4.50. The van der Waals surface area contributed by atoms with Crippen LogP contribution in [0.1, 0.15) is 19.3 Å². The number of hydrogen-bond acceptors (Lipinski definition) is 3. The minimum Gasteiger partial charge on any atom is -0.506 e. The van der Waals surface area contributed by atoms with Crippen molar-refractivity contribution in [3.63, 3.8) is 0 Å². The van der Waals surface area contributed by atoms with Crippen molar-refractivity contribution in [2.45, 2.75) is 25.3 Å². The van der Waals surface area contributed by atoms with E-state index in [0.29, 0.717) is 18.3 Å². The van der Waals surface area contributed by atoms with Gasteiger partial charge in [-0.3, -0.25) is 0 Å². The molecule has 2 rings (SSSR count). The zero-order valence-corrected chi connectivity index (χ0v) is 10.3. The van der Waals surface area contributed by atoms with Gasteiger partial charge in [-0.1, -0.05) is 18.6 Å². The molecule has 18 heavy (non-hydrogen) atoms.